The topological polar surface area (TPSA) is 41.5 Å². The van der Waals surface area contributed by atoms with Crippen molar-refractivity contribution in [3.8, 4) is 5.75 Å². The third-order valence-electron chi connectivity index (χ3n) is 2.91. The zero-order chi connectivity index (χ0) is 16.0. The summed E-state index contributed by atoms with van der Waals surface area (Å²) in [5.74, 6) is 0.331. The largest absolute Gasteiger partial charge is 0.490 e. The lowest BCUT2D eigenvalue weighted by molar-refractivity contribution is -0.210. The molecule has 0 aromatic heterocycles. The minimum absolute atomic E-state index is 0.0690. The smallest absolute Gasteiger partial charge is 0.417 e. The van der Waals surface area contributed by atoms with Crippen LogP contribution in [0.25, 0.3) is 0 Å². The molecule has 0 aliphatic carbocycles. The first kappa shape index (κ1) is 18.3. The lowest BCUT2D eigenvalue weighted by Crippen LogP contribution is -2.34. The highest BCUT2D eigenvalue weighted by Gasteiger charge is 2.38. The number of nitrogens with one attached hydrogen (secondary N) is 1. The molecule has 0 bridgehead atoms. The van der Waals surface area contributed by atoms with Crippen LogP contribution in [0.4, 0.5) is 13.2 Å². The van der Waals surface area contributed by atoms with Gasteiger partial charge in [0.15, 0.2) is 6.10 Å². The Morgan fingerprint density at radius 1 is 1.38 bits per heavy atom. The first-order valence-corrected chi connectivity index (χ1v) is 7.45. The van der Waals surface area contributed by atoms with Crippen molar-refractivity contribution in [3.05, 3.63) is 28.2 Å². The van der Waals surface area contributed by atoms with Crippen LogP contribution in [0.1, 0.15) is 31.9 Å². The van der Waals surface area contributed by atoms with E-state index in [9.17, 15) is 13.2 Å². The van der Waals surface area contributed by atoms with Gasteiger partial charge in [-0.05, 0) is 38.1 Å². The Morgan fingerprint density at radius 3 is 2.62 bits per heavy atom. The quantitative estimate of drug-likeness (QED) is 0.767. The summed E-state index contributed by atoms with van der Waals surface area (Å²) in [4.78, 5) is 0. The average Bonchev–Trinajstić information content (AvgIpc) is 2.41. The van der Waals surface area contributed by atoms with Gasteiger partial charge in [-0.25, -0.2) is 0 Å². The number of ether oxygens (including phenoxy) is 1. The predicted molar refractivity (Wildman–Crippen MR) is 78.4 cm³/mol. The second kappa shape index (κ2) is 8.00. The van der Waals surface area contributed by atoms with Crippen molar-refractivity contribution in [2.24, 2.45) is 0 Å². The number of rotatable bonds is 7. The lowest BCUT2D eigenvalue weighted by Gasteiger charge is -2.20. The summed E-state index contributed by atoms with van der Waals surface area (Å²) >= 11 is 3.33. The molecule has 0 heterocycles. The summed E-state index contributed by atoms with van der Waals surface area (Å²) in [6, 6.07) is 5.00. The van der Waals surface area contributed by atoms with Gasteiger partial charge in [0, 0.05) is 16.1 Å². The molecule has 2 N–H and O–H groups in total. The van der Waals surface area contributed by atoms with Crippen LogP contribution in [0.2, 0.25) is 0 Å². The van der Waals surface area contributed by atoms with Crippen LogP contribution in [-0.4, -0.2) is 30.5 Å². The molecule has 0 aliphatic heterocycles. The van der Waals surface area contributed by atoms with E-state index < -0.39 is 18.9 Å². The van der Waals surface area contributed by atoms with Crippen LogP contribution < -0.4 is 10.1 Å². The van der Waals surface area contributed by atoms with E-state index in [1.54, 1.807) is 18.2 Å². The number of hydrogen-bond donors (Lipinski definition) is 2. The Labute approximate surface area is 130 Å². The highest BCUT2D eigenvalue weighted by atomic mass is 79.9. The molecular formula is C14H19BrF3NO2. The van der Waals surface area contributed by atoms with E-state index in [1.165, 1.54) is 0 Å². The zero-order valence-corrected chi connectivity index (χ0v) is 13.5. The first-order chi connectivity index (χ1) is 9.75. The number of alkyl halides is 3. The number of halogens is 4. The number of benzene rings is 1. The molecule has 3 nitrogen and oxygen atoms in total. The van der Waals surface area contributed by atoms with Gasteiger partial charge < -0.3 is 15.2 Å². The summed E-state index contributed by atoms with van der Waals surface area (Å²) in [6.45, 7) is 3.90. The lowest BCUT2D eigenvalue weighted by atomic mass is 10.1. The van der Waals surface area contributed by atoms with Crippen LogP contribution >= 0.6 is 15.9 Å². The predicted octanol–water partition coefficient (Wildman–Crippen LogP) is 3.81. The molecule has 1 aromatic rings. The molecule has 0 saturated heterocycles. The fourth-order valence-electron chi connectivity index (χ4n) is 1.72. The van der Waals surface area contributed by atoms with Crippen LogP contribution in [-0.2, 0) is 0 Å². The molecule has 2 unspecified atom stereocenters. The maximum atomic E-state index is 12.3. The molecule has 0 radical (unpaired) electrons. The monoisotopic (exact) mass is 369 g/mol. The summed E-state index contributed by atoms with van der Waals surface area (Å²) < 4.78 is 42.8. The van der Waals surface area contributed by atoms with Crippen molar-refractivity contribution in [1.29, 1.82) is 0 Å². The van der Waals surface area contributed by atoms with Crippen molar-refractivity contribution in [2.45, 2.75) is 38.6 Å². The molecule has 0 aliphatic rings. The van der Waals surface area contributed by atoms with Gasteiger partial charge in [0.1, 0.15) is 12.4 Å². The van der Waals surface area contributed by atoms with Gasteiger partial charge in [-0.1, -0.05) is 22.9 Å². The SMILES string of the molecule is CCCNC(C)c1cc(Br)ccc1OCC(O)C(F)(F)F. The second-order valence-electron chi connectivity index (χ2n) is 4.73. The van der Waals surface area contributed by atoms with E-state index >= 15 is 0 Å². The zero-order valence-electron chi connectivity index (χ0n) is 11.9. The van der Waals surface area contributed by atoms with E-state index in [2.05, 4.69) is 21.2 Å². The summed E-state index contributed by atoms with van der Waals surface area (Å²) in [5, 5.41) is 12.2. The van der Waals surface area contributed by atoms with Crippen LogP contribution in [0.3, 0.4) is 0 Å². The van der Waals surface area contributed by atoms with Crippen molar-refractivity contribution in [2.75, 3.05) is 13.2 Å². The molecule has 120 valence electrons. The average molecular weight is 370 g/mol. The second-order valence-corrected chi connectivity index (χ2v) is 5.64. The maximum Gasteiger partial charge on any atom is 0.417 e. The van der Waals surface area contributed by atoms with Gasteiger partial charge in [0.2, 0.25) is 0 Å². The fraction of sp³-hybridized carbons (Fsp3) is 0.571. The molecule has 0 fully saturated rings. The number of aliphatic hydroxyl groups excluding tert-OH is 1. The minimum atomic E-state index is -4.68. The Balaban J connectivity index is 2.82. The van der Waals surface area contributed by atoms with E-state index in [4.69, 9.17) is 9.84 Å². The van der Waals surface area contributed by atoms with E-state index in [-0.39, 0.29) is 6.04 Å². The number of hydrogen-bond acceptors (Lipinski definition) is 3. The third kappa shape index (κ3) is 5.84. The van der Waals surface area contributed by atoms with Gasteiger partial charge >= 0.3 is 6.18 Å². The molecule has 0 saturated carbocycles. The van der Waals surface area contributed by atoms with Crippen molar-refractivity contribution in [1.82, 2.24) is 5.32 Å². The molecule has 1 aromatic carbocycles. The Morgan fingerprint density at radius 2 is 2.05 bits per heavy atom. The first-order valence-electron chi connectivity index (χ1n) is 6.66. The Bertz CT molecular complexity index is 454. The van der Waals surface area contributed by atoms with Crippen molar-refractivity contribution in [3.63, 3.8) is 0 Å². The van der Waals surface area contributed by atoms with Crippen LogP contribution in [0, 0.1) is 0 Å². The molecule has 1 rings (SSSR count). The van der Waals surface area contributed by atoms with E-state index in [1.807, 2.05) is 13.8 Å². The van der Waals surface area contributed by atoms with E-state index in [0.717, 1.165) is 23.0 Å². The molecule has 7 heteroatoms. The van der Waals surface area contributed by atoms with Gasteiger partial charge in [-0.3, -0.25) is 0 Å². The maximum absolute atomic E-state index is 12.3. The van der Waals surface area contributed by atoms with Crippen LogP contribution in [0.15, 0.2) is 22.7 Å². The molecule has 21 heavy (non-hydrogen) atoms. The highest BCUT2D eigenvalue weighted by molar-refractivity contribution is 9.10. The highest BCUT2D eigenvalue weighted by Crippen LogP contribution is 2.29. The van der Waals surface area contributed by atoms with Gasteiger partial charge in [0.25, 0.3) is 0 Å². The number of aliphatic hydroxyl groups is 1. The molecule has 2 atom stereocenters. The Kier molecular flexibility index (Phi) is 6.96. The van der Waals surface area contributed by atoms with Gasteiger partial charge in [-0.2, -0.15) is 13.2 Å². The molecule has 0 spiro atoms. The van der Waals surface area contributed by atoms with Gasteiger partial charge in [0.05, 0.1) is 0 Å². The van der Waals surface area contributed by atoms with Crippen LogP contribution in [0.5, 0.6) is 5.75 Å². The normalized spacial score (nSPS) is 14.8. The van der Waals surface area contributed by atoms with E-state index in [0.29, 0.717) is 5.75 Å². The summed E-state index contributed by atoms with van der Waals surface area (Å²) in [5.41, 5.74) is 0.743. The summed E-state index contributed by atoms with van der Waals surface area (Å²) in [6.07, 6.45) is -6.23. The summed E-state index contributed by atoms with van der Waals surface area (Å²) in [7, 11) is 0. The standard InChI is InChI=1S/C14H19BrF3NO2/c1-3-6-19-9(2)11-7-10(15)4-5-12(11)21-8-13(20)14(16,17)18/h4-5,7,9,13,19-20H,3,6,8H2,1-2H3. The molecular weight excluding hydrogens is 351 g/mol. The molecule has 0 amide bonds. The van der Waals surface area contributed by atoms with Crippen molar-refractivity contribution < 1.29 is 23.0 Å². The fourth-order valence-corrected chi connectivity index (χ4v) is 2.10. The van der Waals surface area contributed by atoms with Crippen molar-refractivity contribution >= 4 is 15.9 Å². The van der Waals surface area contributed by atoms with Gasteiger partial charge in [-0.15, -0.1) is 0 Å². The Hall–Kier alpha value is -0.790. The third-order valence-corrected chi connectivity index (χ3v) is 3.41. The minimum Gasteiger partial charge on any atom is -0.490 e.